The molecule has 0 saturated heterocycles. The fraction of sp³-hybridized carbons (Fsp3) is 0.429. The largest absolute Gasteiger partial charge is 0.496 e. The molecule has 2 aromatic heterocycles. The average Bonchev–Trinajstić information content (AvgIpc) is 2.90. The van der Waals surface area contributed by atoms with E-state index in [1.165, 1.54) is 0 Å². The molecule has 102 valence electrons. The van der Waals surface area contributed by atoms with Crippen LogP contribution in [0.25, 0.3) is 0 Å². The summed E-state index contributed by atoms with van der Waals surface area (Å²) in [6.45, 7) is 6.51. The first-order chi connectivity index (χ1) is 9.22. The third-order valence-corrected chi connectivity index (χ3v) is 3.12. The van der Waals surface area contributed by atoms with Crippen molar-refractivity contribution in [3.63, 3.8) is 0 Å². The van der Waals surface area contributed by atoms with Gasteiger partial charge in [0.15, 0.2) is 0 Å². The molecule has 2 heterocycles. The second-order valence-corrected chi connectivity index (χ2v) is 4.49. The topological polar surface area (TPSA) is 52.0 Å². The Hall–Kier alpha value is -1.88. The summed E-state index contributed by atoms with van der Waals surface area (Å²) in [6.07, 6.45) is 5.60. The van der Waals surface area contributed by atoms with Crippen LogP contribution in [0, 0.1) is 13.8 Å². The van der Waals surface area contributed by atoms with Crippen LogP contribution in [0.1, 0.15) is 16.8 Å². The summed E-state index contributed by atoms with van der Waals surface area (Å²) < 4.78 is 7.31. The molecule has 5 nitrogen and oxygen atoms in total. The Labute approximate surface area is 113 Å². The summed E-state index contributed by atoms with van der Waals surface area (Å²) in [6, 6.07) is 1.93. The number of hydrogen-bond donors (Lipinski definition) is 1. The molecule has 0 unspecified atom stereocenters. The predicted molar refractivity (Wildman–Crippen MR) is 74.2 cm³/mol. The van der Waals surface area contributed by atoms with E-state index in [4.69, 9.17) is 4.74 Å². The maximum absolute atomic E-state index is 5.40. The minimum atomic E-state index is 0.740. The number of hydrogen-bond acceptors (Lipinski definition) is 4. The smallest absolute Gasteiger partial charge is 0.128 e. The summed E-state index contributed by atoms with van der Waals surface area (Å²) in [7, 11) is 1.70. The second kappa shape index (κ2) is 6.33. The van der Waals surface area contributed by atoms with Crippen LogP contribution in [0.4, 0.5) is 0 Å². The summed E-state index contributed by atoms with van der Waals surface area (Å²) in [5, 5.41) is 7.53. The molecule has 0 aliphatic rings. The first-order valence-electron chi connectivity index (χ1n) is 6.39. The van der Waals surface area contributed by atoms with Crippen molar-refractivity contribution in [1.82, 2.24) is 20.1 Å². The summed E-state index contributed by atoms with van der Waals surface area (Å²) in [5.74, 6) is 0.930. The first kappa shape index (κ1) is 13.5. The number of rotatable bonds is 6. The second-order valence-electron chi connectivity index (χ2n) is 4.49. The predicted octanol–water partition coefficient (Wildman–Crippen LogP) is 1.69. The Morgan fingerprint density at radius 3 is 2.89 bits per heavy atom. The van der Waals surface area contributed by atoms with E-state index in [1.807, 2.05) is 37.0 Å². The van der Waals surface area contributed by atoms with Gasteiger partial charge < -0.3 is 10.1 Å². The molecule has 5 heteroatoms. The van der Waals surface area contributed by atoms with Crippen LogP contribution in [-0.4, -0.2) is 28.4 Å². The number of nitrogens with one attached hydrogen (secondary N) is 1. The molecule has 2 aromatic rings. The van der Waals surface area contributed by atoms with Crippen LogP contribution < -0.4 is 10.1 Å². The van der Waals surface area contributed by atoms with Crippen LogP contribution in [0.2, 0.25) is 0 Å². The zero-order valence-corrected chi connectivity index (χ0v) is 11.7. The fourth-order valence-corrected chi connectivity index (χ4v) is 2.08. The maximum Gasteiger partial charge on any atom is 0.128 e. The SMILES string of the molecule is COc1c(C)cnc(CNCCn2cccn2)c1C. The highest BCUT2D eigenvalue weighted by atomic mass is 16.5. The summed E-state index contributed by atoms with van der Waals surface area (Å²) in [4.78, 5) is 4.46. The van der Waals surface area contributed by atoms with E-state index in [0.29, 0.717) is 0 Å². The maximum atomic E-state index is 5.40. The van der Waals surface area contributed by atoms with Gasteiger partial charge in [-0.05, 0) is 19.9 Å². The molecule has 19 heavy (non-hydrogen) atoms. The van der Waals surface area contributed by atoms with E-state index in [9.17, 15) is 0 Å². The van der Waals surface area contributed by atoms with Crippen LogP contribution in [0.15, 0.2) is 24.7 Å². The number of aryl methyl sites for hydroxylation is 1. The average molecular weight is 260 g/mol. The number of pyridine rings is 1. The van der Waals surface area contributed by atoms with Gasteiger partial charge in [-0.25, -0.2) is 0 Å². The zero-order valence-electron chi connectivity index (χ0n) is 11.7. The quantitative estimate of drug-likeness (QED) is 0.803. The van der Waals surface area contributed by atoms with Gasteiger partial charge in [0.05, 0.1) is 19.3 Å². The number of aromatic nitrogens is 3. The van der Waals surface area contributed by atoms with Gasteiger partial charge in [0.2, 0.25) is 0 Å². The van der Waals surface area contributed by atoms with Gasteiger partial charge in [-0.1, -0.05) is 0 Å². The van der Waals surface area contributed by atoms with Crippen LogP contribution in [-0.2, 0) is 13.1 Å². The molecule has 0 amide bonds. The van der Waals surface area contributed by atoms with Crippen molar-refractivity contribution in [2.24, 2.45) is 0 Å². The third-order valence-electron chi connectivity index (χ3n) is 3.12. The minimum absolute atomic E-state index is 0.740. The first-order valence-corrected chi connectivity index (χ1v) is 6.39. The highest BCUT2D eigenvalue weighted by Crippen LogP contribution is 2.23. The van der Waals surface area contributed by atoms with E-state index < -0.39 is 0 Å². The molecule has 1 N–H and O–H groups in total. The molecule has 0 aliphatic heterocycles. The van der Waals surface area contributed by atoms with E-state index in [1.54, 1.807) is 13.3 Å². The van der Waals surface area contributed by atoms with Gasteiger partial charge >= 0.3 is 0 Å². The van der Waals surface area contributed by atoms with E-state index >= 15 is 0 Å². The van der Waals surface area contributed by atoms with Gasteiger partial charge in [0.1, 0.15) is 5.75 Å². The highest BCUT2D eigenvalue weighted by molar-refractivity contribution is 5.40. The molecule has 2 rings (SSSR count). The van der Waals surface area contributed by atoms with Crippen LogP contribution in [0.5, 0.6) is 5.75 Å². The molecule has 0 aliphatic carbocycles. The molecule has 0 radical (unpaired) electrons. The van der Waals surface area contributed by atoms with Crippen LogP contribution >= 0.6 is 0 Å². The fourth-order valence-electron chi connectivity index (χ4n) is 2.08. The lowest BCUT2D eigenvalue weighted by Crippen LogP contribution is -2.21. The Bertz CT molecular complexity index is 522. The van der Waals surface area contributed by atoms with E-state index in [-0.39, 0.29) is 0 Å². The molecule has 0 saturated carbocycles. The lowest BCUT2D eigenvalue weighted by atomic mass is 10.1. The monoisotopic (exact) mass is 260 g/mol. The van der Waals surface area contributed by atoms with E-state index in [2.05, 4.69) is 15.4 Å². The van der Waals surface area contributed by atoms with Crippen molar-refractivity contribution in [3.05, 3.63) is 41.5 Å². The lowest BCUT2D eigenvalue weighted by molar-refractivity contribution is 0.406. The Morgan fingerprint density at radius 1 is 1.37 bits per heavy atom. The van der Waals surface area contributed by atoms with Crippen molar-refractivity contribution < 1.29 is 4.74 Å². The van der Waals surface area contributed by atoms with Gasteiger partial charge in [-0.2, -0.15) is 5.10 Å². The van der Waals surface area contributed by atoms with Crippen molar-refractivity contribution >= 4 is 0 Å². The standard InChI is InChI=1S/C14H20N4O/c1-11-9-16-13(12(2)14(11)19-3)10-15-6-8-18-7-4-5-17-18/h4-5,7,9,15H,6,8,10H2,1-3H3. The van der Waals surface area contributed by atoms with Crippen molar-refractivity contribution in [1.29, 1.82) is 0 Å². The zero-order chi connectivity index (χ0) is 13.7. The Morgan fingerprint density at radius 2 is 2.21 bits per heavy atom. The Balaban J connectivity index is 1.89. The van der Waals surface area contributed by atoms with Gasteiger partial charge in [0.25, 0.3) is 0 Å². The molecular formula is C14H20N4O. The van der Waals surface area contributed by atoms with Gasteiger partial charge in [-0.3, -0.25) is 9.67 Å². The van der Waals surface area contributed by atoms with Crippen molar-refractivity contribution in [2.75, 3.05) is 13.7 Å². The molecule has 0 atom stereocenters. The normalized spacial score (nSPS) is 10.7. The molecule has 0 spiro atoms. The Kier molecular flexibility index (Phi) is 4.52. The summed E-state index contributed by atoms with van der Waals surface area (Å²) >= 11 is 0. The number of nitrogens with zero attached hydrogens (tertiary/aromatic N) is 3. The number of ether oxygens (including phenoxy) is 1. The van der Waals surface area contributed by atoms with E-state index in [0.717, 1.165) is 42.2 Å². The molecule has 0 fully saturated rings. The van der Waals surface area contributed by atoms with Gasteiger partial charge in [-0.15, -0.1) is 0 Å². The van der Waals surface area contributed by atoms with Crippen molar-refractivity contribution in [3.8, 4) is 5.75 Å². The third kappa shape index (κ3) is 3.32. The molecular weight excluding hydrogens is 240 g/mol. The molecule has 0 aromatic carbocycles. The van der Waals surface area contributed by atoms with Gasteiger partial charge in [0, 0.05) is 42.8 Å². The number of methoxy groups -OCH3 is 1. The highest BCUT2D eigenvalue weighted by Gasteiger charge is 2.08. The van der Waals surface area contributed by atoms with Crippen molar-refractivity contribution in [2.45, 2.75) is 26.9 Å². The van der Waals surface area contributed by atoms with Crippen LogP contribution in [0.3, 0.4) is 0 Å². The lowest BCUT2D eigenvalue weighted by Gasteiger charge is -2.12. The minimum Gasteiger partial charge on any atom is -0.496 e. The molecule has 0 bridgehead atoms. The summed E-state index contributed by atoms with van der Waals surface area (Å²) in [5.41, 5.74) is 3.21.